The predicted octanol–water partition coefficient (Wildman–Crippen LogP) is -0.256. The lowest BCUT2D eigenvalue weighted by Crippen LogP contribution is -2.35. The van der Waals surface area contributed by atoms with Gasteiger partial charge in [0.15, 0.2) is 5.96 Å². The van der Waals surface area contributed by atoms with Crippen molar-refractivity contribution >= 4 is 5.96 Å². The van der Waals surface area contributed by atoms with Crippen LogP contribution in [-0.2, 0) is 0 Å². The summed E-state index contributed by atoms with van der Waals surface area (Å²) in [7, 11) is 0. The normalized spacial score (nSPS) is 19.5. The Morgan fingerprint density at radius 2 is 2.42 bits per heavy atom. The molecule has 0 aromatic carbocycles. The molecule has 0 aliphatic carbocycles. The second-order valence-corrected chi connectivity index (χ2v) is 3.35. The fourth-order valence-electron chi connectivity index (χ4n) is 1.33. The van der Waals surface area contributed by atoms with Gasteiger partial charge in [-0.05, 0) is 19.8 Å². The third-order valence-corrected chi connectivity index (χ3v) is 2.06. The largest absolute Gasteiger partial charge is 0.370 e. The van der Waals surface area contributed by atoms with E-state index in [2.05, 4.69) is 9.89 Å². The zero-order chi connectivity index (χ0) is 8.97. The van der Waals surface area contributed by atoms with E-state index in [1.165, 1.54) is 0 Å². The molecule has 0 spiro atoms. The monoisotopic (exact) mass is 170 g/mol. The van der Waals surface area contributed by atoms with E-state index in [4.69, 9.17) is 11.5 Å². The van der Waals surface area contributed by atoms with Crippen LogP contribution in [-0.4, -0.2) is 36.5 Å². The minimum atomic E-state index is 0.297. The number of nitrogens with zero attached hydrogens (tertiary/aromatic N) is 2. The van der Waals surface area contributed by atoms with E-state index in [0.717, 1.165) is 32.5 Å². The Morgan fingerprint density at radius 3 is 2.92 bits per heavy atom. The van der Waals surface area contributed by atoms with Crippen LogP contribution in [0.15, 0.2) is 4.99 Å². The molecule has 0 saturated carbocycles. The van der Waals surface area contributed by atoms with Crippen molar-refractivity contribution in [2.24, 2.45) is 16.5 Å². The van der Waals surface area contributed by atoms with E-state index >= 15 is 0 Å². The molecule has 0 aromatic rings. The summed E-state index contributed by atoms with van der Waals surface area (Å²) in [5, 5.41) is 0. The molecule has 4 heteroatoms. The summed E-state index contributed by atoms with van der Waals surface area (Å²) < 4.78 is 0. The molecule has 0 aromatic heterocycles. The van der Waals surface area contributed by atoms with Crippen LogP contribution in [0, 0.1) is 0 Å². The molecule has 0 radical (unpaired) electrons. The van der Waals surface area contributed by atoms with E-state index in [0.29, 0.717) is 12.0 Å². The van der Waals surface area contributed by atoms with Crippen molar-refractivity contribution in [2.75, 3.05) is 19.6 Å². The highest BCUT2D eigenvalue weighted by Gasteiger charge is 2.12. The highest BCUT2D eigenvalue weighted by atomic mass is 15.3. The van der Waals surface area contributed by atoms with Crippen LogP contribution < -0.4 is 11.5 Å². The highest BCUT2D eigenvalue weighted by molar-refractivity contribution is 5.79. The third-order valence-electron chi connectivity index (χ3n) is 2.06. The summed E-state index contributed by atoms with van der Waals surface area (Å²) in [5.74, 6) is 0.694. The Morgan fingerprint density at radius 1 is 1.67 bits per heavy atom. The van der Waals surface area contributed by atoms with Crippen molar-refractivity contribution in [1.29, 1.82) is 0 Å². The van der Waals surface area contributed by atoms with Gasteiger partial charge < -0.3 is 16.4 Å². The second kappa shape index (κ2) is 4.30. The number of hydrogen-bond donors (Lipinski definition) is 2. The van der Waals surface area contributed by atoms with Crippen LogP contribution in [0.5, 0.6) is 0 Å². The summed E-state index contributed by atoms with van der Waals surface area (Å²) in [6.45, 7) is 4.85. The van der Waals surface area contributed by atoms with Crippen LogP contribution in [0.3, 0.4) is 0 Å². The van der Waals surface area contributed by atoms with Crippen LogP contribution in [0.4, 0.5) is 0 Å². The zero-order valence-corrected chi connectivity index (χ0v) is 7.66. The maximum absolute atomic E-state index is 5.64. The Balaban J connectivity index is 2.11. The molecule has 1 rings (SSSR count). The Kier molecular flexibility index (Phi) is 3.34. The fraction of sp³-hybridized carbons (Fsp3) is 0.875. The van der Waals surface area contributed by atoms with Crippen LogP contribution in [0.25, 0.3) is 0 Å². The van der Waals surface area contributed by atoms with Crippen molar-refractivity contribution in [3.05, 3.63) is 0 Å². The fourth-order valence-corrected chi connectivity index (χ4v) is 1.33. The highest BCUT2D eigenvalue weighted by Crippen LogP contribution is 2.01. The van der Waals surface area contributed by atoms with Crippen molar-refractivity contribution in [3.63, 3.8) is 0 Å². The molecule has 4 N–H and O–H groups in total. The summed E-state index contributed by atoms with van der Waals surface area (Å²) in [4.78, 5) is 6.22. The van der Waals surface area contributed by atoms with Crippen molar-refractivity contribution in [1.82, 2.24) is 4.90 Å². The topological polar surface area (TPSA) is 67.6 Å². The van der Waals surface area contributed by atoms with E-state index in [9.17, 15) is 0 Å². The SMILES string of the molecule is CC(N)CCCN1CCN=C1N. The molecule has 1 aliphatic rings. The third kappa shape index (κ3) is 2.70. The van der Waals surface area contributed by atoms with Gasteiger partial charge in [-0.2, -0.15) is 0 Å². The van der Waals surface area contributed by atoms with Gasteiger partial charge >= 0.3 is 0 Å². The minimum Gasteiger partial charge on any atom is -0.370 e. The second-order valence-electron chi connectivity index (χ2n) is 3.35. The first-order chi connectivity index (χ1) is 5.70. The lowest BCUT2D eigenvalue weighted by molar-refractivity contribution is 0.425. The molecule has 70 valence electrons. The number of nitrogens with two attached hydrogens (primary N) is 2. The first kappa shape index (κ1) is 9.32. The summed E-state index contributed by atoms with van der Waals surface area (Å²) >= 11 is 0. The summed E-state index contributed by atoms with van der Waals surface area (Å²) in [6, 6.07) is 0.297. The first-order valence-electron chi connectivity index (χ1n) is 4.50. The van der Waals surface area contributed by atoms with Crippen molar-refractivity contribution in [3.8, 4) is 0 Å². The van der Waals surface area contributed by atoms with Crippen molar-refractivity contribution < 1.29 is 0 Å². The van der Waals surface area contributed by atoms with E-state index < -0.39 is 0 Å². The maximum Gasteiger partial charge on any atom is 0.191 e. The molecule has 0 bridgehead atoms. The molecule has 1 unspecified atom stereocenters. The molecular formula is C8H18N4. The molecule has 0 saturated heterocycles. The van der Waals surface area contributed by atoms with Gasteiger partial charge in [0.25, 0.3) is 0 Å². The summed E-state index contributed by atoms with van der Waals surface area (Å²) in [5.41, 5.74) is 11.3. The van der Waals surface area contributed by atoms with Gasteiger partial charge in [0.05, 0.1) is 6.54 Å². The van der Waals surface area contributed by atoms with Gasteiger partial charge in [0.2, 0.25) is 0 Å². The molecular weight excluding hydrogens is 152 g/mol. The molecule has 4 nitrogen and oxygen atoms in total. The Labute approximate surface area is 73.6 Å². The Hall–Kier alpha value is -0.770. The van der Waals surface area contributed by atoms with Crippen LogP contribution in [0.2, 0.25) is 0 Å². The van der Waals surface area contributed by atoms with Gasteiger partial charge in [-0.15, -0.1) is 0 Å². The van der Waals surface area contributed by atoms with Gasteiger partial charge in [-0.3, -0.25) is 4.99 Å². The molecule has 1 atom stereocenters. The predicted molar refractivity (Wildman–Crippen MR) is 50.9 cm³/mol. The molecule has 0 fully saturated rings. The lowest BCUT2D eigenvalue weighted by atomic mass is 10.2. The summed E-state index contributed by atoms with van der Waals surface area (Å²) in [6.07, 6.45) is 2.16. The maximum atomic E-state index is 5.64. The molecule has 12 heavy (non-hydrogen) atoms. The van der Waals surface area contributed by atoms with Gasteiger partial charge in [-0.25, -0.2) is 0 Å². The average molecular weight is 170 g/mol. The van der Waals surface area contributed by atoms with E-state index in [1.807, 2.05) is 6.92 Å². The van der Waals surface area contributed by atoms with Gasteiger partial charge in [-0.1, -0.05) is 0 Å². The standard InChI is InChI=1S/C8H18N4/c1-7(9)3-2-5-12-6-4-11-8(12)10/h7H,2-6,9H2,1H3,(H2,10,11). The number of hydrogen-bond acceptors (Lipinski definition) is 4. The van der Waals surface area contributed by atoms with Gasteiger partial charge in [0, 0.05) is 19.1 Å². The zero-order valence-electron chi connectivity index (χ0n) is 7.66. The van der Waals surface area contributed by atoms with Crippen LogP contribution in [0.1, 0.15) is 19.8 Å². The number of guanidine groups is 1. The Bertz CT molecular complexity index is 164. The first-order valence-corrected chi connectivity index (χ1v) is 4.50. The van der Waals surface area contributed by atoms with Gasteiger partial charge in [0.1, 0.15) is 0 Å². The lowest BCUT2D eigenvalue weighted by Gasteiger charge is -2.17. The van der Waals surface area contributed by atoms with Crippen molar-refractivity contribution in [2.45, 2.75) is 25.8 Å². The number of rotatable bonds is 4. The quantitative estimate of drug-likeness (QED) is 0.611. The molecule has 1 aliphatic heterocycles. The average Bonchev–Trinajstić information content (AvgIpc) is 2.36. The number of aliphatic imine (C=N–C) groups is 1. The smallest absolute Gasteiger partial charge is 0.191 e. The van der Waals surface area contributed by atoms with Crippen LogP contribution >= 0.6 is 0 Å². The molecule has 1 heterocycles. The molecule has 0 amide bonds. The van der Waals surface area contributed by atoms with E-state index in [-0.39, 0.29) is 0 Å². The van der Waals surface area contributed by atoms with E-state index in [1.54, 1.807) is 0 Å². The minimum absolute atomic E-state index is 0.297.